The highest BCUT2D eigenvalue weighted by Gasteiger charge is 2.49. The van der Waals surface area contributed by atoms with Crippen molar-refractivity contribution in [2.24, 2.45) is 0 Å². The van der Waals surface area contributed by atoms with Gasteiger partial charge in [0.25, 0.3) is 0 Å². The highest BCUT2D eigenvalue weighted by molar-refractivity contribution is 6.68. The number of hydrogen-bond donors (Lipinski definition) is 1. The summed E-state index contributed by atoms with van der Waals surface area (Å²) in [7, 11) is 0. The summed E-state index contributed by atoms with van der Waals surface area (Å²) >= 11 is 18.0. The van der Waals surface area contributed by atoms with Crippen LogP contribution in [0.15, 0.2) is 60.7 Å². The highest BCUT2D eigenvalue weighted by Crippen LogP contribution is 2.48. The van der Waals surface area contributed by atoms with Crippen molar-refractivity contribution < 1.29 is 5.11 Å². The first-order valence-electron chi connectivity index (χ1n) is 5.36. The molecule has 0 aliphatic carbocycles. The fourth-order valence-electron chi connectivity index (χ4n) is 1.85. The van der Waals surface area contributed by atoms with E-state index < -0.39 is 9.39 Å². The maximum atomic E-state index is 10.9. The predicted molar refractivity (Wildman–Crippen MR) is 76.2 cm³/mol. The molecule has 0 aliphatic rings. The Morgan fingerprint density at radius 3 is 1.28 bits per heavy atom. The van der Waals surface area contributed by atoms with Crippen molar-refractivity contribution in [3.05, 3.63) is 71.8 Å². The summed E-state index contributed by atoms with van der Waals surface area (Å²) in [4.78, 5) is 0. The van der Waals surface area contributed by atoms with Crippen LogP contribution in [0.1, 0.15) is 11.1 Å². The Kier molecular flexibility index (Phi) is 3.88. The number of benzene rings is 2. The van der Waals surface area contributed by atoms with Crippen molar-refractivity contribution in [2.45, 2.75) is 9.39 Å². The van der Waals surface area contributed by atoms with E-state index in [2.05, 4.69) is 0 Å². The second kappa shape index (κ2) is 5.10. The molecule has 18 heavy (non-hydrogen) atoms. The van der Waals surface area contributed by atoms with E-state index in [9.17, 15) is 5.11 Å². The van der Waals surface area contributed by atoms with Crippen LogP contribution < -0.4 is 0 Å². The number of aliphatic hydroxyl groups is 1. The molecule has 0 amide bonds. The van der Waals surface area contributed by atoms with Gasteiger partial charge < -0.3 is 5.11 Å². The summed E-state index contributed by atoms with van der Waals surface area (Å²) in [6, 6.07) is 17.8. The van der Waals surface area contributed by atoms with Crippen molar-refractivity contribution in [3.63, 3.8) is 0 Å². The molecule has 0 spiro atoms. The van der Waals surface area contributed by atoms with E-state index in [1.165, 1.54) is 0 Å². The van der Waals surface area contributed by atoms with Gasteiger partial charge in [-0.25, -0.2) is 0 Å². The molecule has 0 fully saturated rings. The molecule has 0 aromatic heterocycles. The summed E-state index contributed by atoms with van der Waals surface area (Å²) in [6.07, 6.45) is 0. The fraction of sp³-hybridized carbons (Fsp3) is 0.143. The molecule has 4 heteroatoms. The van der Waals surface area contributed by atoms with Crippen LogP contribution in [0.5, 0.6) is 0 Å². The maximum Gasteiger partial charge on any atom is 0.227 e. The van der Waals surface area contributed by atoms with Crippen LogP contribution in [0.4, 0.5) is 0 Å². The zero-order valence-corrected chi connectivity index (χ0v) is 11.6. The summed E-state index contributed by atoms with van der Waals surface area (Å²) in [5, 5.41) is 10.9. The molecule has 2 aromatic carbocycles. The molecular formula is C14H11Cl3O. The van der Waals surface area contributed by atoms with Gasteiger partial charge in [-0.2, -0.15) is 0 Å². The SMILES string of the molecule is OC(c1ccccc1)(c1ccccc1)C(Cl)(Cl)Cl. The number of halogens is 3. The molecule has 0 saturated heterocycles. The topological polar surface area (TPSA) is 20.2 Å². The van der Waals surface area contributed by atoms with Crippen LogP contribution in [-0.2, 0) is 5.60 Å². The Morgan fingerprint density at radius 2 is 1.00 bits per heavy atom. The molecule has 2 aromatic rings. The molecule has 94 valence electrons. The van der Waals surface area contributed by atoms with Crippen LogP contribution in [0, 0.1) is 0 Å². The molecule has 0 aliphatic heterocycles. The van der Waals surface area contributed by atoms with Gasteiger partial charge in [0, 0.05) is 0 Å². The summed E-state index contributed by atoms with van der Waals surface area (Å²) in [5.74, 6) is 0. The standard InChI is InChI=1S/C14H11Cl3O/c15-14(16,17)13(18,11-7-3-1-4-8-11)12-9-5-2-6-10-12/h1-10,18H. The number of rotatable bonds is 2. The smallest absolute Gasteiger partial charge is 0.227 e. The minimum atomic E-state index is -1.87. The van der Waals surface area contributed by atoms with Gasteiger partial charge >= 0.3 is 0 Å². The molecule has 0 radical (unpaired) electrons. The van der Waals surface area contributed by atoms with Crippen molar-refractivity contribution in [1.82, 2.24) is 0 Å². The van der Waals surface area contributed by atoms with Crippen molar-refractivity contribution in [1.29, 1.82) is 0 Å². The van der Waals surface area contributed by atoms with Crippen LogP contribution in [-0.4, -0.2) is 8.90 Å². The van der Waals surface area contributed by atoms with E-state index in [4.69, 9.17) is 34.8 Å². The van der Waals surface area contributed by atoms with E-state index >= 15 is 0 Å². The van der Waals surface area contributed by atoms with Gasteiger partial charge in [-0.3, -0.25) is 0 Å². The monoisotopic (exact) mass is 300 g/mol. The predicted octanol–water partition coefficient (Wildman–Crippen LogP) is 4.29. The van der Waals surface area contributed by atoms with Gasteiger partial charge in [0.15, 0.2) is 5.60 Å². The average molecular weight is 302 g/mol. The lowest BCUT2D eigenvalue weighted by molar-refractivity contribution is 0.0850. The first-order chi connectivity index (χ1) is 8.46. The summed E-state index contributed by atoms with van der Waals surface area (Å²) in [5.41, 5.74) is -0.604. The lowest BCUT2D eigenvalue weighted by Gasteiger charge is -2.35. The number of hydrogen-bond acceptors (Lipinski definition) is 1. The van der Waals surface area contributed by atoms with Crippen LogP contribution in [0.3, 0.4) is 0 Å². The van der Waals surface area contributed by atoms with E-state index in [1.54, 1.807) is 48.5 Å². The number of alkyl halides is 3. The third-order valence-corrected chi connectivity index (χ3v) is 3.61. The summed E-state index contributed by atoms with van der Waals surface area (Å²) in [6.45, 7) is 0. The Balaban J connectivity index is 2.63. The van der Waals surface area contributed by atoms with E-state index in [-0.39, 0.29) is 0 Å². The highest BCUT2D eigenvalue weighted by atomic mass is 35.6. The van der Waals surface area contributed by atoms with Crippen LogP contribution in [0.25, 0.3) is 0 Å². The third kappa shape index (κ3) is 2.36. The first-order valence-corrected chi connectivity index (χ1v) is 6.50. The van der Waals surface area contributed by atoms with Crippen LogP contribution >= 0.6 is 34.8 Å². The molecule has 0 atom stereocenters. The first kappa shape index (κ1) is 13.7. The van der Waals surface area contributed by atoms with Gasteiger partial charge in [-0.05, 0) is 11.1 Å². The molecule has 1 N–H and O–H groups in total. The average Bonchev–Trinajstić information content (AvgIpc) is 2.38. The van der Waals surface area contributed by atoms with Crippen molar-refractivity contribution in [2.75, 3.05) is 0 Å². The lowest BCUT2D eigenvalue weighted by atomic mass is 9.87. The van der Waals surface area contributed by atoms with Gasteiger partial charge in [0.2, 0.25) is 3.79 Å². The van der Waals surface area contributed by atoms with Gasteiger partial charge in [-0.1, -0.05) is 95.5 Å². The van der Waals surface area contributed by atoms with E-state index in [1.807, 2.05) is 12.1 Å². The normalized spacial score (nSPS) is 12.4. The van der Waals surface area contributed by atoms with Crippen LogP contribution in [0.2, 0.25) is 0 Å². The van der Waals surface area contributed by atoms with Gasteiger partial charge in [0.1, 0.15) is 0 Å². The van der Waals surface area contributed by atoms with E-state index in [0.29, 0.717) is 11.1 Å². The Labute approximate surface area is 121 Å². The Morgan fingerprint density at radius 1 is 0.667 bits per heavy atom. The second-order valence-corrected chi connectivity index (χ2v) is 6.22. The zero-order chi connectivity index (χ0) is 13.2. The fourth-order valence-corrected chi connectivity index (χ4v) is 2.51. The Bertz CT molecular complexity index is 466. The van der Waals surface area contributed by atoms with Gasteiger partial charge in [0.05, 0.1) is 0 Å². The summed E-state index contributed by atoms with van der Waals surface area (Å²) < 4.78 is -1.87. The zero-order valence-electron chi connectivity index (χ0n) is 9.35. The van der Waals surface area contributed by atoms with Crippen molar-refractivity contribution >= 4 is 34.8 Å². The lowest BCUT2D eigenvalue weighted by Crippen LogP contribution is -2.41. The van der Waals surface area contributed by atoms with E-state index in [0.717, 1.165) is 0 Å². The minimum Gasteiger partial charge on any atom is -0.376 e. The largest absolute Gasteiger partial charge is 0.376 e. The molecule has 0 saturated carbocycles. The molecule has 0 heterocycles. The Hall–Kier alpha value is -0.730. The third-order valence-electron chi connectivity index (χ3n) is 2.79. The minimum absolute atomic E-state index is 0.538. The second-order valence-electron chi connectivity index (χ2n) is 3.94. The molecule has 2 rings (SSSR count). The van der Waals surface area contributed by atoms with Crippen molar-refractivity contribution in [3.8, 4) is 0 Å². The quantitative estimate of drug-likeness (QED) is 0.820. The molecule has 0 unspecified atom stereocenters. The maximum absolute atomic E-state index is 10.9. The van der Waals surface area contributed by atoms with Gasteiger partial charge in [-0.15, -0.1) is 0 Å². The molecule has 0 bridgehead atoms. The molecular weight excluding hydrogens is 291 g/mol. The molecule has 1 nitrogen and oxygen atoms in total.